The molecule has 0 heterocycles. The number of nitrogens with two attached hydrogens (primary N) is 1. The van der Waals surface area contributed by atoms with E-state index in [-0.39, 0.29) is 18.3 Å². The van der Waals surface area contributed by atoms with Gasteiger partial charge in [0.05, 0.1) is 12.1 Å². The number of rotatable bonds is 6. The zero-order valence-corrected chi connectivity index (χ0v) is 15.0. The highest BCUT2D eigenvalue weighted by Gasteiger charge is 2.17. The zero-order chi connectivity index (χ0) is 16.8. The van der Waals surface area contributed by atoms with Gasteiger partial charge in [0.25, 0.3) is 0 Å². The van der Waals surface area contributed by atoms with Gasteiger partial charge in [0, 0.05) is 5.69 Å². The number of halogens is 1. The molecule has 134 valence electrons. The Kier molecular flexibility index (Phi) is 7.29. The number of amides is 1. The molecule has 0 aromatic heterocycles. The van der Waals surface area contributed by atoms with Gasteiger partial charge >= 0.3 is 0 Å². The number of benzene rings is 2. The minimum Gasteiger partial charge on any atom is -0.490 e. The van der Waals surface area contributed by atoms with Gasteiger partial charge in [-0.1, -0.05) is 30.3 Å². The molecule has 0 saturated heterocycles. The normalized spacial score (nSPS) is 15.2. The van der Waals surface area contributed by atoms with E-state index in [2.05, 4.69) is 5.32 Å². The van der Waals surface area contributed by atoms with Crippen molar-refractivity contribution in [2.75, 3.05) is 5.32 Å². The Morgan fingerprint density at radius 3 is 2.36 bits per heavy atom. The predicted octanol–water partition coefficient (Wildman–Crippen LogP) is 3.94. The molecule has 1 fully saturated rings. The van der Waals surface area contributed by atoms with Crippen LogP contribution in [0.4, 0.5) is 5.69 Å². The summed E-state index contributed by atoms with van der Waals surface area (Å²) in [6.07, 6.45) is 5.62. The van der Waals surface area contributed by atoms with Gasteiger partial charge in [-0.2, -0.15) is 0 Å². The first-order valence-electron chi connectivity index (χ1n) is 8.58. The van der Waals surface area contributed by atoms with E-state index in [0.29, 0.717) is 12.5 Å². The topological polar surface area (TPSA) is 64.4 Å². The fourth-order valence-corrected chi connectivity index (χ4v) is 3.01. The summed E-state index contributed by atoms with van der Waals surface area (Å²) in [6.45, 7) is 0. The molecule has 1 saturated carbocycles. The van der Waals surface area contributed by atoms with E-state index in [9.17, 15) is 4.79 Å². The van der Waals surface area contributed by atoms with Crippen LogP contribution in [0.3, 0.4) is 0 Å². The first-order valence-corrected chi connectivity index (χ1v) is 8.58. The number of hydrogen-bond donors (Lipinski definition) is 2. The molecule has 2 aromatic carbocycles. The van der Waals surface area contributed by atoms with Crippen molar-refractivity contribution >= 4 is 24.0 Å². The van der Waals surface area contributed by atoms with Crippen molar-refractivity contribution in [1.82, 2.24) is 0 Å². The third kappa shape index (κ3) is 5.76. The maximum Gasteiger partial charge on any atom is 0.241 e. The number of anilines is 1. The number of hydrogen-bond acceptors (Lipinski definition) is 3. The zero-order valence-electron chi connectivity index (χ0n) is 14.2. The summed E-state index contributed by atoms with van der Waals surface area (Å²) in [5, 5.41) is 2.86. The minimum absolute atomic E-state index is 0. The Morgan fingerprint density at radius 1 is 1.08 bits per heavy atom. The van der Waals surface area contributed by atoms with Crippen LogP contribution in [0.15, 0.2) is 54.6 Å². The Hall–Kier alpha value is -2.04. The summed E-state index contributed by atoms with van der Waals surface area (Å²) in [5.41, 5.74) is 7.79. The van der Waals surface area contributed by atoms with E-state index >= 15 is 0 Å². The van der Waals surface area contributed by atoms with Gasteiger partial charge < -0.3 is 15.8 Å². The molecule has 0 bridgehead atoms. The van der Waals surface area contributed by atoms with Crippen LogP contribution in [0, 0.1) is 0 Å². The molecule has 4 nitrogen and oxygen atoms in total. The third-order valence-corrected chi connectivity index (χ3v) is 4.36. The third-order valence-electron chi connectivity index (χ3n) is 4.36. The highest BCUT2D eigenvalue weighted by Crippen LogP contribution is 2.25. The average Bonchev–Trinajstić information content (AvgIpc) is 3.10. The van der Waals surface area contributed by atoms with E-state index in [4.69, 9.17) is 10.5 Å². The van der Waals surface area contributed by atoms with Gasteiger partial charge in [-0.25, -0.2) is 0 Å². The fourth-order valence-electron chi connectivity index (χ4n) is 3.01. The van der Waals surface area contributed by atoms with Gasteiger partial charge in [-0.05, 0) is 61.9 Å². The largest absolute Gasteiger partial charge is 0.490 e. The molecule has 3 rings (SSSR count). The van der Waals surface area contributed by atoms with E-state index in [0.717, 1.165) is 29.8 Å². The lowest BCUT2D eigenvalue weighted by Crippen LogP contribution is -2.37. The van der Waals surface area contributed by atoms with E-state index < -0.39 is 6.04 Å². The fraction of sp³-hybridized carbons (Fsp3) is 0.350. The predicted molar refractivity (Wildman–Crippen MR) is 103 cm³/mol. The van der Waals surface area contributed by atoms with Crippen molar-refractivity contribution in [3.05, 3.63) is 60.2 Å². The van der Waals surface area contributed by atoms with Crippen LogP contribution in [-0.2, 0) is 11.2 Å². The molecule has 1 unspecified atom stereocenters. The maximum absolute atomic E-state index is 12.2. The van der Waals surface area contributed by atoms with Crippen molar-refractivity contribution in [2.24, 2.45) is 5.73 Å². The Balaban J connectivity index is 0.00000225. The summed E-state index contributed by atoms with van der Waals surface area (Å²) in [7, 11) is 0. The summed E-state index contributed by atoms with van der Waals surface area (Å²) < 4.78 is 5.92. The van der Waals surface area contributed by atoms with Gasteiger partial charge in [0.15, 0.2) is 0 Å². The van der Waals surface area contributed by atoms with Gasteiger partial charge in [-0.3, -0.25) is 4.79 Å². The molecule has 2 aromatic rings. The van der Waals surface area contributed by atoms with E-state index in [1.807, 2.05) is 54.6 Å². The van der Waals surface area contributed by atoms with Gasteiger partial charge in [0.1, 0.15) is 5.75 Å². The number of nitrogens with one attached hydrogen (secondary N) is 1. The van der Waals surface area contributed by atoms with Crippen LogP contribution >= 0.6 is 12.4 Å². The molecule has 1 aliphatic carbocycles. The number of carbonyl (C=O) groups excluding carboxylic acids is 1. The molecular formula is C20H25ClN2O2. The molecule has 0 aliphatic heterocycles. The molecular weight excluding hydrogens is 336 g/mol. The van der Waals surface area contributed by atoms with Crippen LogP contribution in [0.2, 0.25) is 0 Å². The molecule has 0 spiro atoms. The standard InChI is InChI=1S/C20H24N2O2.ClH/c21-19(14-15-6-2-1-3-7-15)20(23)22-16-10-12-18(13-11-16)24-17-8-4-5-9-17;/h1-3,6-7,10-13,17,19H,4-5,8-9,14,21H2,(H,22,23);1H. The molecule has 1 amide bonds. The van der Waals surface area contributed by atoms with E-state index in [1.165, 1.54) is 12.8 Å². The van der Waals surface area contributed by atoms with Crippen molar-refractivity contribution in [3.8, 4) is 5.75 Å². The van der Waals surface area contributed by atoms with Gasteiger partial charge in [-0.15, -0.1) is 12.4 Å². The lowest BCUT2D eigenvalue weighted by atomic mass is 10.1. The molecule has 25 heavy (non-hydrogen) atoms. The monoisotopic (exact) mass is 360 g/mol. The SMILES string of the molecule is Cl.NC(Cc1ccccc1)C(=O)Nc1ccc(OC2CCCC2)cc1. The quantitative estimate of drug-likeness (QED) is 0.820. The molecule has 0 radical (unpaired) electrons. The molecule has 1 atom stereocenters. The van der Waals surface area contributed by atoms with E-state index in [1.54, 1.807) is 0 Å². The second-order valence-electron chi connectivity index (χ2n) is 6.33. The van der Waals surface area contributed by atoms with Crippen LogP contribution in [0.5, 0.6) is 5.75 Å². The Bertz CT molecular complexity index is 655. The van der Waals surface area contributed by atoms with Crippen molar-refractivity contribution in [2.45, 2.75) is 44.2 Å². The maximum atomic E-state index is 12.2. The summed E-state index contributed by atoms with van der Waals surface area (Å²) >= 11 is 0. The van der Waals surface area contributed by atoms with Crippen LogP contribution < -0.4 is 15.8 Å². The number of carbonyl (C=O) groups is 1. The van der Waals surface area contributed by atoms with Gasteiger partial charge in [0.2, 0.25) is 5.91 Å². The summed E-state index contributed by atoms with van der Waals surface area (Å²) in [4.78, 5) is 12.2. The molecule has 1 aliphatic rings. The lowest BCUT2D eigenvalue weighted by molar-refractivity contribution is -0.117. The summed E-state index contributed by atoms with van der Waals surface area (Å²) in [6, 6.07) is 16.7. The lowest BCUT2D eigenvalue weighted by Gasteiger charge is -2.15. The van der Waals surface area contributed by atoms with Crippen molar-refractivity contribution in [1.29, 1.82) is 0 Å². The highest BCUT2D eigenvalue weighted by molar-refractivity contribution is 5.94. The average molecular weight is 361 g/mol. The Morgan fingerprint density at radius 2 is 1.72 bits per heavy atom. The first-order chi connectivity index (χ1) is 11.7. The van der Waals surface area contributed by atoms with Crippen LogP contribution in [0.25, 0.3) is 0 Å². The molecule has 3 N–H and O–H groups in total. The summed E-state index contributed by atoms with van der Waals surface area (Å²) in [5.74, 6) is 0.678. The second-order valence-corrected chi connectivity index (χ2v) is 6.33. The first kappa shape index (κ1) is 19.3. The van der Waals surface area contributed by atoms with Crippen molar-refractivity contribution in [3.63, 3.8) is 0 Å². The van der Waals surface area contributed by atoms with Crippen LogP contribution in [0.1, 0.15) is 31.2 Å². The molecule has 5 heteroatoms. The Labute approximate surface area is 155 Å². The van der Waals surface area contributed by atoms with Crippen LogP contribution in [-0.4, -0.2) is 18.1 Å². The highest BCUT2D eigenvalue weighted by atomic mass is 35.5. The smallest absolute Gasteiger partial charge is 0.241 e. The van der Waals surface area contributed by atoms with Crippen molar-refractivity contribution < 1.29 is 9.53 Å². The number of ether oxygens (including phenoxy) is 1. The minimum atomic E-state index is -0.568. The second kappa shape index (κ2) is 9.44.